The maximum atomic E-state index is 14.2. The molecular weight excluding hydrogens is 621 g/mol. The summed E-state index contributed by atoms with van der Waals surface area (Å²) in [4.78, 5) is 29.0. The molecule has 0 spiro atoms. The van der Waals surface area contributed by atoms with Gasteiger partial charge in [-0.15, -0.1) is 0 Å². The second-order valence-corrected chi connectivity index (χ2v) is 12.7. The van der Waals surface area contributed by atoms with E-state index in [1.54, 1.807) is 61.5 Å². The first-order chi connectivity index (χ1) is 21.1. The van der Waals surface area contributed by atoms with Gasteiger partial charge in [0.05, 0.1) is 11.9 Å². The van der Waals surface area contributed by atoms with Crippen LogP contribution in [0.3, 0.4) is 0 Å². The van der Waals surface area contributed by atoms with Crippen molar-refractivity contribution in [3.8, 4) is 11.5 Å². The van der Waals surface area contributed by atoms with Gasteiger partial charge in [0.2, 0.25) is 21.8 Å². The molecule has 4 rings (SSSR count). The molecule has 0 radical (unpaired) electrons. The highest BCUT2D eigenvalue weighted by Crippen LogP contribution is 2.29. The van der Waals surface area contributed by atoms with Gasteiger partial charge in [0.15, 0.2) is 0 Å². The van der Waals surface area contributed by atoms with Gasteiger partial charge in [0, 0.05) is 35.1 Å². The van der Waals surface area contributed by atoms with Crippen LogP contribution in [0.4, 0.5) is 5.69 Å². The Bertz CT molecular complexity index is 1650. The topological polar surface area (TPSA) is 96.0 Å². The molecule has 1 N–H and O–H groups in total. The highest BCUT2D eigenvalue weighted by atomic mass is 35.5. The molecule has 1 atom stereocenters. The highest BCUT2D eigenvalue weighted by Gasteiger charge is 2.33. The molecule has 0 aromatic heterocycles. The van der Waals surface area contributed by atoms with Crippen molar-refractivity contribution < 1.29 is 22.7 Å². The fourth-order valence-corrected chi connectivity index (χ4v) is 5.99. The van der Waals surface area contributed by atoms with Crippen LogP contribution in [0.25, 0.3) is 0 Å². The van der Waals surface area contributed by atoms with Crippen molar-refractivity contribution in [3.63, 3.8) is 0 Å². The SMILES string of the molecule is CCNC(=O)C(Cc1ccccc1)N(Cc1c(Cl)cccc1Cl)C(=O)CN(c1ccc(Oc2ccccc2)cc1)S(C)(=O)=O. The van der Waals surface area contributed by atoms with Crippen LogP contribution >= 0.6 is 23.2 Å². The Balaban J connectivity index is 1.69. The number of carbonyl (C=O) groups excluding carboxylic acids is 2. The summed E-state index contributed by atoms with van der Waals surface area (Å²) in [5.74, 6) is 0.123. The second-order valence-electron chi connectivity index (χ2n) is 10.0. The van der Waals surface area contributed by atoms with E-state index in [4.69, 9.17) is 27.9 Å². The van der Waals surface area contributed by atoms with Crippen molar-refractivity contribution in [1.29, 1.82) is 0 Å². The number of para-hydroxylation sites is 1. The minimum absolute atomic E-state index is 0.118. The molecule has 0 aliphatic rings. The molecule has 1 unspecified atom stereocenters. The average molecular weight is 655 g/mol. The quantitative estimate of drug-likeness (QED) is 0.182. The third kappa shape index (κ3) is 8.75. The van der Waals surface area contributed by atoms with E-state index in [0.29, 0.717) is 33.7 Å². The molecule has 2 amide bonds. The van der Waals surface area contributed by atoms with E-state index in [1.165, 1.54) is 4.90 Å². The number of rotatable bonds is 13. The van der Waals surface area contributed by atoms with Crippen molar-refractivity contribution >= 4 is 50.7 Å². The van der Waals surface area contributed by atoms with Gasteiger partial charge in [-0.2, -0.15) is 0 Å². The van der Waals surface area contributed by atoms with E-state index >= 15 is 0 Å². The highest BCUT2D eigenvalue weighted by molar-refractivity contribution is 7.92. The minimum Gasteiger partial charge on any atom is -0.457 e. The van der Waals surface area contributed by atoms with E-state index in [-0.39, 0.29) is 24.6 Å². The second kappa shape index (κ2) is 15.1. The predicted molar refractivity (Wildman–Crippen MR) is 175 cm³/mol. The number of hydrogen-bond donors (Lipinski definition) is 1. The van der Waals surface area contributed by atoms with Gasteiger partial charge in [0.25, 0.3) is 0 Å². The third-order valence-corrected chi connectivity index (χ3v) is 8.64. The molecule has 4 aromatic rings. The zero-order valence-corrected chi connectivity index (χ0v) is 26.6. The average Bonchev–Trinajstić information content (AvgIpc) is 3.00. The molecule has 4 aromatic carbocycles. The number of likely N-dealkylation sites (N-methyl/N-ethyl adjacent to an activating group) is 1. The Morgan fingerprint density at radius 3 is 1.95 bits per heavy atom. The van der Waals surface area contributed by atoms with Crippen LogP contribution in [-0.4, -0.2) is 50.5 Å². The van der Waals surface area contributed by atoms with Crippen LogP contribution in [0.15, 0.2) is 103 Å². The third-order valence-electron chi connectivity index (χ3n) is 6.80. The maximum absolute atomic E-state index is 14.2. The van der Waals surface area contributed by atoms with Crippen LogP contribution in [0.1, 0.15) is 18.1 Å². The van der Waals surface area contributed by atoms with Gasteiger partial charge in [-0.25, -0.2) is 8.42 Å². The van der Waals surface area contributed by atoms with Crippen LogP contribution in [-0.2, 0) is 32.6 Å². The Labute approximate surface area is 268 Å². The first kappa shape index (κ1) is 32.9. The lowest BCUT2D eigenvalue weighted by Gasteiger charge is -2.33. The van der Waals surface area contributed by atoms with Crippen LogP contribution < -0.4 is 14.4 Å². The monoisotopic (exact) mass is 653 g/mol. The summed E-state index contributed by atoms with van der Waals surface area (Å²) in [5.41, 5.74) is 1.52. The number of ether oxygens (including phenoxy) is 1. The molecule has 0 aliphatic heterocycles. The number of anilines is 1. The van der Waals surface area contributed by atoms with Gasteiger partial charge in [-0.3, -0.25) is 13.9 Å². The summed E-state index contributed by atoms with van der Waals surface area (Å²) in [6.07, 6.45) is 1.21. The van der Waals surface area contributed by atoms with Crippen LogP contribution in [0.5, 0.6) is 11.5 Å². The summed E-state index contributed by atoms with van der Waals surface area (Å²) in [6, 6.07) is 28.8. The zero-order valence-electron chi connectivity index (χ0n) is 24.3. The molecule has 0 heterocycles. The Hall–Kier alpha value is -4.05. The van der Waals surface area contributed by atoms with Crippen molar-refractivity contribution in [3.05, 3.63) is 124 Å². The first-order valence-electron chi connectivity index (χ1n) is 13.9. The van der Waals surface area contributed by atoms with Crippen molar-refractivity contribution in [2.45, 2.75) is 25.9 Å². The number of halogens is 2. The molecule has 0 bridgehead atoms. The Morgan fingerprint density at radius 1 is 0.818 bits per heavy atom. The standard InChI is InChI=1S/C33H33Cl2N3O5S/c1-3-36-33(40)31(21-24-11-6-4-7-12-24)37(22-28-29(34)15-10-16-30(28)35)32(39)23-38(44(2,41)42)25-17-19-27(20-18-25)43-26-13-8-5-9-14-26/h4-20,31H,3,21-23H2,1-2H3,(H,36,40). The van der Waals surface area contributed by atoms with E-state index in [1.807, 2.05) is 48.5 Å². The number of nitrogens with one attached hydrogen (secondary N) is 1. The molecule has 0 saturated carbocycles. The summed E-state index contributed by atoms with van der Waals surface area (Å²) >= 11 is 13.0. The van der Waals surface area contributed by atoms with Gasteiger partial charge in [-0.1, -0.05) is 77.8 Å². The largest absolute Gasteiger partial charge is 0.457 e. The summed E-state index contributed by atoms with van der Waals surface area (Å²) in [5, 5.41) is 3.45. The number of nitrogens with zero attached hydrogens (tertiary/aromatic N) is 2. The number of benzene rings is 4. The van der Waals surface area contributed by atoms with Crippen LogP contribution in [0.2, 0.25) is 10.0 Å². The summed E-state index contributed by atoms with van der Waals surface area (Å²) < 4.78 is 32.9. The Morgan fingerprint density at radius 2 is 1.39 bits per heavy atom. The van der Waals surface area contributed by atoms with E-state index < -0.39 is 28.5 Å². The molecule has 0 fully saturated rings. The van der Waals surface area contributed by atoms with Gasteiger partial charge < -0.3 is 15.0 Å². The molecule has 230 valence electrons. The van der Waals surface area contributed by atoms with Crippen molar-refractivity contribution in [2.24, 2.45) is 0 Å². The molecule has 44 heavy (non-hydrogen) atoms. The van der Waals surface area contributed by atoms with Gasteiger partial charge in [-0.05, 0) is 61.0 Å². The predicted octanol–water partition coefficient (Wildman–Crippen LogP) is 6.33. The summed E-state index contributed by atoms with van der Waals surface area (Å²) in [7, 11) is -3.93. The van der Waals surface area contributed by atoms with Gasteiger partial charge in [0.1, 0.15) is 24.1 Å². The number of sulfonamides is 1. The van der Waals surface area contributed by atoms with E-state index in [2.05, 4.69) is 5.32 Å². The normalized spacial score (nSPS) is 11.8. The lowest BCUT2D eigenvalue weighted by molar-refractivity contribution is -0.140. The zero-order chi connectivity index (χ0) is 31.7. The Kier molecular flexibility index (Phi) is 11.3. The number of amides is 2. The van der Waals surface area contributed by atoms with Crippen molar-refractivity contribution in [2.75, 3.05) is 23.7 Å². The van der Waals surface area contributed by atoms with E-state index in [0.717, 1.165) is 16.1 Å². The summed E-state index contributed by atoms with van der Waals surface area (Å²) in [6.45, 7) is 1.44. The van der Waals surface area contributed by atoms with Crippen LogP contribution in [0, 0.1) is 0 Å². The van der Waals surface area contributed by atoms with Crippen molar-refractivity contribution in [1.82, 2.24) is 10.2 Å². The smallest absolute Gasteiger partial charge is 0.244 e. The fraction of sp³-hybridized carbons (Fsp3) is 0.212. The fourth-order valence-electron chi connectivity index (χ4n) is 4.62. The lowest BCUT2D eigenvalue weighted by Crippen LogP contribution is -2.53. The minimum atomic E-state index is -3.93. The number of carbonyl (C=O) groups is 2. The van der Waals surface area contributed by atoms with Gasteiger partial charge >= 0.3 is 0 Å². The van der Waals surface area contributed by atoms with E-state index in [9.17, 15) is 18.0 Å². The molecule has 8 nitrogen and oxygen atoms in total. The lowest BCUT2D eigenvalue weighted by atomic mass is 10.0. The first-order valence-corrected chi connectivity index (χ1v) is 16.5. The molecule has 0 saturated heterocycles. The maximum Gasteiger partial charge on any atom is 0.244 e. The molecule has 0 aliphatic carbocycles. The molecule has 11 heteroatoms. The molecular formula is C33H33Cl2N3O5S. The number of hydrogen-bond acceptors (Lipinski definition) is 5.